The van der Waals surface area contributed by atoms with Gasteiger partial charge in [-0.1, -0.05) is 0 Å². The summed E-state index contributed by atoms with van der Waals surface area (Å²) in [5.41, 5.74) is 11.2. The summed E-state index contributed by atoms with van der Waals surface area (Å²) in [4.78, 5) is 7.04. The molecule has 0 radical (unpaired) electrons. The van der Waals surface area contributed by atoms with E-state index in [-0.39, 0.29) is 0 Å². The van der Waals surface area contributed by atoms with E-state index in [0.717, 1.165) is 46.7 Å². The maximum Gasteiger partial charge on any atom is 0.128 e. The zero-order valence-corrected chi connectivity index (χ0v) is 16.5. The van der Waals surface area contributed by atoms with Crippen LogP contribution in [0.15, 0.2) is 49.2 Å². The van der Waals surface area contributed by atoms with Crippen LogP contribution >= 0.6 is 0 Å². The third kappa shape index (κ3) is 2.52. The average molecular weight is 396 g/mol. The molecule has 6 rings (SSSR count). The van der Waals surface area contributed by atoms with E-state index in [4.69, 9.17) is 10.7 Å². The Balaban J connectivity index is 1.43. The molecule has 1 saturated carbocycles. The fourth-order valence-electron chi connectivity index (χ4n) is 4.64. The van der Waals surface area contributed by atoms with Gasteiger partial charge in [0.25, 0.3) is 0 Å². The van der Waals surface area contributed by atoms with Crippen molar-refractivity contribution in [3.63, 3.8) is 0 Å². The zero-order valence-electron chi connectivity index (χ0n) is 16.5. The molecule has 5 heterocycles. The lowest BCUT2D eigenvalue weighted by atomic mass is 10.0. The standard InChI is InChI=1S/C22H20N8/c1-28-9-16(8-26-28)14-4-17(22-15(5-23)7-27-30(22)10-14)13-2-3-20(25-6-13)29-11-18-19(12-29)21(18)24/h2-4,6-10,18-19,21H,11-12,24H2,1H3/t18-,19+,21?. The fraction of sp³-hybridized carbons (Fsp3) is 0.273. The quantitative estimate of drug-likeness (QED) is 0.569. The number of fused-ring (bicyclic) bond motifs is 2. The molecule has 4 aromatic heterocycles. The highest BCUT2D eigenvalue weighted by atomic mass is 15.2. The van der Waals surface area contributed by atoms with Gasteiger partial charge in [0.15, 0.2) is 0 Å². The molecule has 30 heavy (non-hydrogen) atoms. The Morgan fingerprint density at radius 3 is 2.53 bits per heavy atom. The summed E-state index contributed by atoms with van der Waals surface area (Å²) in [5, 5.41) is 18.2. The number of aromatic nitrogens is 5. The molecule has 0 aromatic carbocycles. The van der Waals surface area contributed by atoms with Crippen LogP contribution in [-0.2, 0) is 7.05 Å². The van der Waals surface area contributed by atoms with Gasteiger partial charge in [0.1, 0.15) is 11.9 Å². The molecular formula is C22H20N8. The molecule has 8 heteroatoms. The first-order valence-electron chi connectivity index (χ1n) is 10.00. The van der Waals surface area contributed by atoms with Gasteiger partial charge in [-0.3, -0.25) is 4.68 Å². The Hall–Kier alpha value is -3.70. The maximum absolute atomic E-state index is 9.57. The monoisotopic (exact) mass is 396 g/mol. The van der Waals surface area contributed by atoms with E-state index in [1.165, 1.54) is 0 Å². The van der Waals surface area contributed by atoms with Crippen molar-refractivity contribution in [3.8, 4) is 28.3 Å². The highest BCUT2D eigenvalue weighted by Gasteiger charge is 2.53. The zero-order chi connectivity index (χ0) is 20.4. The molecular weight excluding hydrogens is 376 g/mol. The first-order chi connectivity index (χ1) is 14.6. The number of rotatable bonds is 3. The van der Waals surface area contributed by atoms with Crippen molar-refractivity contribution in [1.82, 2.24) is 24.4 Å². The third-order valence-corrected chi connectivity index (χ3v) is 6.41. The molecule has 2 aliphatic rings. The SMILES string of the molecule is Cn1cc(-c2cc(-c3ccc(N4C[C@@H]5C(N)[C@@H]5C4)nc3)c3c(C#N)cnn3c2)cn1. The fourth-order valence-corrected chi connectivity index (χ4v) is 4.64. The predicted octanol–water partition coefficient (Wildman–Crippen LogP) is 2.06. The number of pyridine rings is 2. The minimum atomic E-state index is 0.371. The van der Waals surface area contributed by atoms with Crippen LogP contribution in [0.2, 0.25) is 0 Å². The van der Waals surface area contributed by atoms with E-state index in [1.807, 2.05) is 31.8 Å². The van der Waals surface area contributed by atoms with E-state index in [0.29, 0.717) is 23.4 Å². The van der Waals surface area contributed by atoms with Crippen molar-refractivity contribution in [2.75, 3.05) is 18.0 Å². The van der Waals surface area contributed by atoms with Crippen LogP contribution in [0.1, 0.15) is 5.56 Å². The molecule has 2 fully saturated rings. The third-order valence-electron chi connectivity index (χ3n) is 6.41. The normalized spacial score (nSPS) is 22.3. The van der Waals surface area contributed by atoms with E-state index >= 15 is 0 Å². The van der Waals surface area contributed by atoms with Crippen LogP contribution in [0, 0.1) is 23.2 Å². The molecule has 0 spiro atoms. The van der Waals surface area contributed by atoms with Gasteiger partial charge >= 0.3 is 0 Å². The Kier molecular flexibility index (Phi) is 3.52. The minimum absolute atomic E-state index is 0.371. The molecule has 3 atom stereocenters. The van der Waals surface area contributed by atoms with E-state index < -0.39 is 0 Å². The summed E-state index contributed by atoms with van der Waals surface area (Å²) < 4.78 is 3.53. The summed E-state index contributed by atoms with van der Waals surface area (Å²) in [6.45, 7) is 1.97. The van der Waals surface area contributed by atoms with Gasteiger partial charge in [-0.25, -0.2) is 9.50 Å². The second kappa shape index (κ2) is 6.15. The van der Waals surface area contributed by atoms with Gasteiger partial charge in [0, 0.05) is 67.0 Å². The Morgan fingerprint density at radius 1 is 1.03 bits per heavy atom. The van der Waals surface area contributed by atoms with Gasteiger partial charge < -0.3 is 10.6 Å². The molecule has 1 aliphatic carbocycles. The Morgan fingerprint density at radius 2 is 1.87 bits per heavy atom. The van der Waals surface area contributed by atoms with Crippen molar-refractivity contribution in [2.24, 2.45) is 24.6 Å². The Labute approximate surface area is 173 Å². The molecule has 8 nitrogen and oxygen atoms in total. The van der Waals surface area contributed by atoms with Crippen molar-refractivity contribution in [3.05, 3.63) is 54.7 Å². The Bertz CT molecular complexity index is 1300. The first-order valence-corrected chi connectivity index (χ1v) is 10.00. The molecule has 0 bridgehead atoms. The number of nitriles is 1. The van der Waals surface area contributed by atoms with Crippen LogP contribution in [0.25, 0.3) is 27.8 Å². The lowest BCUT2D eigenvalue weighted by Crippen LogP contribution is -2.28. The van der Waals surface area contributed by atoms with E-state index in [2.05, 4.69) is 39.4 Å². The summed E-state index contributed by atoms with van der Waals surface area (Å²) in [7, 11) is 1.89. The summed E-state index contributed by atoms with van der Waals surface area (Å²) >= 11 is 0. The average Bonchev–Trinajstić information content (AvgIpc) is 3.26. The topological polar surface area (TPSA) is 101 Å². The van der Waals surface area contributed by atoms with E-state index in [9.17, 15) is 5.26 Å². The van der Waals surface area contributed by atoms with Crippen LogP contribution in [0.3, 0.4) is 0 Å². The van der Waals surface area contributed by atoms with Crippen molar-refractivity contribution >= 4 is 11.3 Å². The number of anilines is 1. The second-order valence-electron chi connectivity index (χ2n) is 8.22. The molecule has 1 unspecified atom stereocenters. The van der Waals surface area contributed by atoms with Crippen LogP contribution in [0.4, 0.5) is 5.82 Å². The lowest BCUT2D eigenvalue weighted by molar-refractivity contribution is 0.735. The minimum Gasteiger partial charge on any atom is -0.356 e. The summed E-state index contributed by atoms with van der Waals surface area (Å²) in [6, 6.07) is 8.83. The highest BCUT2D eigenvalue weighted by molar-refractivity contribution is 5.87. The maximum atomic E-state index is 9.57. The summed E-state index contributed by atoms with van der Waals surface area (Å²) in [6.07, 6.45) is 9.20. The smallest absolute Gasteiger partial charge is 0.128 e. The number of nitrogens with two attached hydrogens (primary N) is 1. The van der Waals surface area contributed by atoms with Gasteiger partial charge in [0.2, 0.25) is 0 Å². The molecule has 1 saturated heterocycles. The largest absolute Gasteiger partial charge is 0.356 e. The predicted molar refractivity (Wildman–Crippen MR) is 113 cm³/mol. The van der Waals surface area contributed by atoms with Gasteiger partial charge in [-0.15, -0.1) is 0 Å². The van der Waals surface area contributed by atoms with Crippen molar-refractivity contribution in [1.29, 1.82) is 5.26 Å². The van der Waals surface area contributed by atoms with Gasteiger partial charge in [-0.05, 0) is 30.0 Å². The molecule has 2 N–H and O–H groups in total. The van der Waals surface area contributed by atoms with Crippen LogP contribution in [-0.4, -0.2) is 43.5 Å². The number of aryl methyl sites for hydroxylation is 1. The lowest BCUT2D eigenvalue weighted by Gasteiger charge is -2.20. The number of hydrogen-bond donors (Lipinski definition) is 1. The highest BCUT2D eigenvalue weighted by Crippen LogP contribution is 2.45. The number of hydrogen-bond acceptors (Lipinski definition) is 6. The summed E-state index contributed by atoms with van der Waals surface area (Å²) in [5.74, 6) is 2.21. The first kappa shape index (κ1) is 17.2. The molecule has 1 aliphatic heterocycles. The van der Waals surface area contributed by atoms with Gasteiger partial charge in [0.05, 0.1) is 23.5 Å². The molecule has 148 valence electrons. The van der Waals surface area contributed by atoms with E-state index in [1.54, 1.807) is 15.4 Å². The van der Waals surface area contributed by atoms with Crippen LogP contribution < -0.4 is 10.6 Å². The second-order valence-corrected chi connectivity index (χ2v) is 8.22. The number of nitrogens with zero attached hydrogens (tertiary/aromatic N) is 7. The van der Waals surface area contributed by atoms with Crippen LogP contribution in [0.5, 0.6) is 0 Å². The molecule has 0 amide bonds. The van der Waals surface area contributed by atoms with Gasteiger partial charge in [-0.2, -0.15) is 15.5 Å². The number of piperidine rings is 1. The van der Waals surface area contributed by atoms with Crippen molar-refractivity contribution < 1.29 is 0 Å². The molecule has 4 aromatic rings. The van der Waals surface area contributed by atoms with Crippen molar-refractivity contribution in [2.45, 2.75) is 6.04 Å².